The van der Waals surface area contributed by atoms with Crippen molar-refractivity contribution in [3.05, 3.63) is 21.9 Å². The lowest BCUT2D eigenvalue weighted by atomic mass is 10.3. The van der Waals surface area contributed by atoms with E-state index in [1.54, 1.807) is 11.3 Å². The Morgan fingerprint density at radius 3 is 3.00 bits per heavy atom. The van der Waals surface area contributed by atoms with Crippen LogP contribution in [0.25, 0.3) is 0 Å². The Balaban J connectivity index is 2.46. The predicted octanol–water partition coefficient (Wildman–Crippen LogP) is 2.37. The van der Waals surface area contributed by atoms with Gasteiger partial charge in [-0.3, -0.25) is 0 Å². The SMILES string of the molecule is CCC(C)OCc1ccc(C#CCN)s1. The van der Waals surface area contributed by atoms with E-state index in [0.717, 1.165) is 11.3 Å². The van der Waals surface area contributed by atoms with Crippen LogP contribution in [0.3, 0.4) is 0 Å². The first-order chi connectivity index (χ1) is 7.26. The van der Waals surface area contributed by atoms with Crippen molar-refractivity contribution in [2.24, 2.45) is 5.73 Å². The zero-order chi connectivity index (χ0) is 11.1. The lowest BCUT2D eigenvalue weighted by molar-refractivity contribution is 0.0525. The van der Waals surface area contributed by atoms with Gasteiger partial charge in [0.15, 0.2) is 0 Å². The van der Waals surface area contributed by atoms with Gasteiger partial charge in [-0.25, -0.2) is 0 Å². The third-order valence-corrected chi connectivity index (χ3v) is 3.03. The van der Waals surface area contributed by atoms with E-state index in [0.29, 0.717) is 19.3 Å². The summed E-state index contributed by atoms with van der Waals surface area (Å²) in [6.07, 6.45) is 1.37. The predicted molar refractivity (Wildman–Crippen MR) is 64.8 cm³/mol. The number of ether oxygens (including phenoxy) is 1. The van der Waals surface area contributed by atoms with Gasteiger partial charge >= 0.3 is 0 Å². The fraction of sp³-hybridized carbons (Fsp3) is 0.500. The van der Waals surface area contributed by atoms with Crippen LogP contribution in [-0.2, 0) is 11.3 Å². The van der Waals surface area contributed by atoms with E-state index >= 15 is 0 Å². The van der Waals surface area contributed by atoms with E-state index < -0.39 is 0 Å². The van der Waals surface area contributed by atoms with Gasteiger partial charge in [0.05, 0.1) is 24.1 Å². The molecule has 0 aliphatic heterocycles. The highest BCUT2D eigenvalue weighted by Gasteiger charge is 2.01. The summed E-state index contributed by atoms with van der Waals surface area (Å²) in [7, 11) is 0. The average Bonchev–Trinajstić information content (AvgIpc) is 2.71. The molecule has 0 amide bonds. The summed E-state index contributed by atoms with van der Waals surface area (Å²) in [5, 5.41) is 0. The minimum absolute atomic E-state index is 0.325. The van der Waals surface area contributed by atoms with Crippen molar-refractivity contribution in [1.82, 2.24) is 0 Å². The summed E-state index contributed by atoms with van der Waals surface area (Å²) in [5.74, 6) is 5.86. The van der Waals surface area contributed by atoms with Crippen molar-refractivity contribution < 1.29 is 4.74 Å². The summed E-state index contributed by atoms with van der Waals surface area (Å²) < 4.78 is 5.63. The van der Waals surface area contributed by atoms with Gasteiger partial charge in [-0.1, -0.05) is 18.8 Å². The van der Waals surface area contributed by atoms with E-state index in [-0.39, 0.29) is 0 Å². The zero-order valence-electron chi connectivity index (χ0n) is 9.25. The van der Waals surface area contributed by atoms with Crippen molar-refractivity contribution in [1.29, 1.82) is 0 Å². The van der Waals surface area contributed by atoms with Gasteiger partial charge in [0.1, 0.15) is 0 Å². The van der Waals surface area contributed by atoms with E-state index in [2.05, 4.69) is 31.8 Å². The second kappa shape index (κ2) is 6.62. The van der Waals surface area contributed by atoms with Gasteiger partial charge in [0.2, 0.25) is 0 Å². The minimum Gasteiger partial charge on any atom is -0.373 e. The third kappa shape index (κ3) is 4.48. The second-order valence-corrected chi connectivity index (χ2v) is 4.47. The maximum atomic E-state index is 5.63. The Morgan fingerprint density at radius 1 is 1.53 bits per heavy atom. The molecule has 0 fully saturated rings. The quantitative estimate of drug-likeness (QED) is 0.795. The standard InChI is InChI=1S/C12H17NOS/c1-3-10(2)14-9-12-7-6-11(15-12)5-4-8-13/h6-7,10H,3,8-9,13H2,1-2H3. The number of thiophene rings is 1. The van der Waals surface area contributed by atoms with Crippen LogP contribution in [-0.4, -0.2) is 12.6 Å². The number of nitrogens with two attached hydrogens (primary N) is 1. The van der Waals surface area contributed by atoms with Crippen LogP contribution in [0.2, 0.25) is 0 Å². The molecule has 15 heavy (non-hydrogen) atoms. The van der Waals surface area contributed by atoms with Gasteiger partial charge in [0.25, 0.3) is 0 Å². The van der Waals surface area contributed by atoms with Crippen molar-refractivity contribution in [3.8, 4) is 11.8 Å². The smallest absolute Gasteiger partial charge is 0.0813 e. The Bertz CT molecular complexity index is 348. The number of hydrogen-bond acceptors (Lipinski definition) is 3. The Morgan fingerprint density at radius 2 is 2.33 bits per heavy atom. The lowest BCUT2D eigenvalue weighted by Gasteiger charge is -2.08. The molecular formula is C12H17NOS. The van der Waals surface area contributed by atoms with Gasteiger partial charge in [-0.05, 0) is 25.5 Å². The molecule has 1 rings (SSSR count). The van der Waals surface area contributed by atoms with E-state index in [1.165, 1.54) is 4.88 Å². The Kier molecular flexibility index (Phi) is 5.41. The molecule has 3 heteroatoms. The first-order valence-corrected chi connectivity index (χ1v) is 5.97. The molecular weight excluding hydrogens is 206 g/mol. The van der Waals surface area contributed by atoms with Crippen LogP contribution in [0.5, 0.6) is 0 Å². The maximum absolute atomic E-state index is 5.63. The number of rotatable bonds is 4. The molecule has 0 spiro atoms. The third-order valence-electron chi connectivity index (χ3n) is 2.06. The highest BCUT2D eigenvalue weighted by atomic mass is 32.1. The molecule has 0 radical (unpaired) electrons. The highest BCUT2D eigenvalue weighted by Crippen LogP contribution is 2.17. The summed E-state index contributed by atoms with van der Waals surface area (Å²) >= 11 is 1.67. The molecule has 0 aliphatic carbocycles. The molecule has 0 aromatic carbocycles. The van der Waals surface area contributed by atoms with Crippen LogP contribution < -0.4 is 5.73 Å². The summed E-state index contributed by atoms with van der Waals surface area (Å²) in [4.78, 5) is 2.28. The fourth-order valence-corrected chi connectivity index (χ4v) is 1.81. The molecule has 0 aliphatic rings. The normalized spacial score (nSPS) is 11.9. The van der Waals surface area contributed by atoms with E-state index in [4.69, 9.17) is 10.5 Å². The topological polar surface area (TPSA) is 35.2 Å². The monoisotopic (exact) mass is 223 g/mol. The van der Waals surface area contributed by atoms with Crippen LogP contribution >= 0.6 is 11.3 Å². The Labute approximate surface area is 95.4 Å². The molecule has 1 unspecified atom stereocenters. The number of hydrogen-bond donors (Lipinski definition) is 1. The summed E-state index contributed by atoms with van der Waals surface area (Å²) in [6, 6.07) is 4.08. The van der Waals surface area contributed by atoms with Gasteiger partial charge in [0, 0.05) is 4.88 Å². The molecule has 1 atom stereocenters. The highest BCUT2D eigenvalue weighted by molar-refractivity contribution is 7.12. The molecule has 0 saturated heterocycles. The Hall–Kier alpha value is -0.820. The molecule has 1 heterocycles. The van der Waals surface area contributed by atoms with Crippen LogP contribution in [0.4, 0.5) is 0 Å². The van der Waals surface area contributed by atoms with Crippen LogP contribution in [0.1, 0.15) is 30.0 Å². The maximum Gasteiger partial charge on any atom is 0.0813 e. The first-order valence-electron chi connectivity index (χ1n) is 5.15. The minimum atomic E-state index is 0.325. The van der Waals surface area contributed by atoms with Crippen molar-refractivity contribution in [2.45, 2.75) is 33.0 Å². The molecule has 2 nitrogen and oxygen atoms in total. The fourth-order valence-electron chi connectivity index (χ4n) is 1.00. The van der Waals surface area contributed by atoms with Gasteiger partial charge in [-0.15, -0.1) is 11.3 Å². The second-order valence-electron chi connectivity index (χ2n) is 3.30. The molecule has 0 bridgehead atoms. The zero-order valence-corrected chi connectivity index (χ0v) is 10.1. The van der Waals surface area contributed by atoms with Crippen LogP contribution in [0, 0.1) is 11.8 Å². The molecule has 1 aromatic heterocycles. The van der Waals surface area contributed by atoms with Crippen molar-refractivity contribution in [2.75, 3.05) is 6.54 Å². The largest absolute Gasteiger partial charge is 0.373 e. The van der Waals surface area contributed by atoms with E-state index in [9.17, 15) is 0 Å². The molecule has 2 N–H and O–H groups in total. The van der Waals surface area contributed by atoms with Gasteiger partial charge in [-0.2, -0.15) is 0 Å². The van der Waals surface area contributed by atoms with Crippen LogP contribution in [0.15, 0.2) is 12.1 Å². The van der Waals surface area contributed by atoms with Gasteiger partial charge < -0.3 is 10.5 Å². The molecule has 1 aromatic rings. The lowest BCUT2D eigenvalue weighted by Crippen LogP contribution is -2.04. The molecule has 82 valence electrons. The first kappa shape index (κ1) is 12.3. The molecule has 0 saturated carbocycles. The van der Waals surface area contributed by atoms with E-state index in [1.807, 2.05) is 6.07 Å². The average molecular weight is 223 g/mol. The van der Waals surface area contributed by atoms with Crippen molar-refractivity contribution in [3.63, 3.8) is 0 Å². The summed E-state index contributed by atoms with van der Waals surface area (Å²) in [5.41, 5.74) is 5.31. The van der Waals surface area contributed by atoms with Crippen molar-refractivity contribution >= 4 is 11.3 Å². The summed E-state index contributed by atoms with van der Waals surface area (Å²) in [6.45, 7) is 5.31.